The molecular formula is C39H20N4O+2. The first-order valence-corrected chi connectivity index (χ1v) is 15.2. The quantitative estimate of drug-likeness (QED) is 0.106. The fourth-order valence-electron chi connectivity index (χ4n) is 9.26. The summed E-state index contributed by atoms with van der Waals surface area (Å²) in [7, 11) is 0. The second-order valence-corrected chi connectivity index (χ2v) is 12.7. The third-order valence-electron chi connectivity index (χ3n) is 10.9. The molecule has 200 valence electrons. The normalized spacial score (nSPS) is 17.4. The lowest BCUT2D eigenvalue weighted by Crippen LogP contribution is -2.71. The largest absolute Gasteiger partial charge is 0.456 e. The number of pyridine rings is 2. The molecule has 0 amide bonds. The molecule has 0 bridgehead atoms. The van der Waals surface area contributed by atoms with Crippen LogP contribution in [-0.2, 0) is 5.66 Å². The fourth-order valence-corrected chi connectivity index (χ4v) is 9.26. The fraction of sp³-hybridized carbons (Fsp3) is 0.0256. The Labute approximate surface area is 248 Å². The maximum Gasteiger partial charge on any atom is 0.315 e. The van der Waals surface area contributed by atoms with Crippen LogP contribution in [-0.4, -0.2) is 8.80 Å². The number of nitrogens with zero attached hydrogens (tertiary/aromatic N) is 4. The molecule has 44 heavy (non-hydrogen) atoms. The Morgan fingerprint density at radius 2 is 1.09 bits per heavy atom. The van der Waals surface area contributed by atoms with Gasteiger partial charge in [0.2, 0.25) is 0 Å². The van der Waals surface area contributed by atoms with Crippen molar-refractivity contribution in [1.29, 1.82) is 0 Å². The van der Waals surface area contributed by atoms with E-state index < -0.39 is 5.66 Å². The highest BCUT2D eigenvalue weighted by molar-refractivity contribution is 6.19. The van der Waals surface area contributed by atoms with Crippen molar-refractivity contribution in [2.24, 2.45) is 0 Å². The number of fused-ring (bicyclic) bond motifs is 8. The summed E-state index contributed by atoms with van der Waals surface area (Å²) in [5.74, 6) is 1.87. The van der Waals surface area contributed by atoms with Crippen LogP contribution >= 0.6 is 0 Å². The molecule has 0 N–H and O–H groups in total. The minimum Gasteiger partial charge on any atom is -0.456 e. The predicted octanol–water partition coefficient (Wildman–Crippen LogP) is 7.72. The van der Waals surface area contributed by atoms with Crippen LogP contribution in [0.15, 0.2) is 122 Å². The molecule has 3 aliphatic rings. The van der Waals surface area contributed by atoms with Gasteiger partial charge in [-0.2, -0.15) is 17.9 Å². The van der Waals surface area contributed by atoms with E-state index in [1.165, 1.54) is 87.3 Å². The molecule has 0 fully saturated rings. The van der Waals surface area contributed by atoms with E-state index in [0.29, 0.717) is 0 Å². The molecule has 10 aromatic rings. The number of hydrogen-bond donors (Lipinski definition) is 0. The van der Waals surface area contributed by atoms with Crippen LogP contribution in [0.5, 0.6) is 11.5 Å². The van der Waals surface area contributed by atoms with Crippen molar-refractivity contribution in [3.05, 3.63) is 133 Å². The number of benzene rings is 6. The first-order valence-electron chi connectivity index (χ1n) is 15.2. The van der Waals surface area contributed by atoms with Crippen LogP contribution in [0.2, 0.25) is 0 Å². The Bertz CT molecular complexity index is 3090. The zero-order valence-electron chi connectivity index (χ0n) is 23.2. The molecule has 1 atom stereocenters. The minimum absolute atomic E-state index is 0.570. The van der Waals surface area contributed by atoms with Gasteiger partial charge in [0.25, 0.3) is 11.3 Å². The first-order chi connectivity index (χ1) is 21.8. The molecular weight excluding hydrogens is 540 g/mol. The monoisotopic (exact) mass is 560 g/mol. The van der Waals surface area contributed by atoms with Crippen LogP contribution in [0.4, 0.5) is 0 Å². The van der Waals surface area contributed by atoms with Gasteiger partial charge in [-0.1, -0.05) is 42.5 Å². The number of rotatable bonds is 0. The average molecular weight is 561 g/mol. The van der Waals surface area contributed by atoms with Gasteiger partial charge in [0, 0.05) is 21.5 Å². The summed E-state index contributed by atoms with van der Waals surface area (Å²) in [5.41, 5.74) is 6.77. The summed E-state index contributed by atoms with van der Waals surface area (Å²) in [6.45, 7) is 0. The van der Waals surface area contributed by atoms with E-state index in [-0.39, 0.29) is 0 Å². The Morgan fingerprint density at radius 3 is 1.80 bits per heavy atom. The van der Waals surface area contributed by atoms with E-state index >= 15 is 0 Å². The Hall–Kier alpha value is -5.94. The van der Waals surface area contributed by atoms with E-state index in [1.54, 1.807) is 0 Å². The lowest BCUT2D eigenvalue weighted by molar-refractivity contribution is -0.944. The standard InChI is InChI=1S/C39H20N4O/c1-2-6-22-18-24-20-30-28(19-23(24)17-21(22)5-1)27-10-12-32-36-34(27)38-41(30)14-16-43(38)39(36)35-31(44-32)11-9-26-25-7-3-4-8-29(25)40-13-15-42(39)37(40)33(26)35/h1-20H/q+2. The highest BCUT2D eigenvalue weighted by Crippen LogP contribution is 2.57. The Kier molecular flexibility index (Phi) is 3.01. The van der Waals surface area contributed by atoms with Crippen molar-refractivity contribution in [3.63, 3.8) is 0 Å². The van der Waals surface area contributed by atoms with Gasteiger partial charge in [-0.05, 0) is 76.1 Å². The minimum atomic E-state index is -0.570. The van der Waals surface area contributed by atoms with Crippen molar-refractivity contribution in [3.8, 4) is 11.5 Å². The van der Waals surface area contributed by atoms with Crippen LogP contribution in [0.25, 0.3) is 76.2 Å². The summed E-state index contributed by atoms with van der Waals surface area (Å²) in [6, 6.07) is 35.7. The van der Waals surface area contributed by atoms with Crippen LogP contribution in [0.1, 0.15) is 11.1 Å². The number of hydrogen-bond acceptors (Lipinski definition) is 1. The topological polar surface area (TPSA) is 25.8 Å². The van der Waals surface area contributed by atoms with E-state index in [1.807, 2.05) is 0 Å². The maximum atomic E-state index is 6.84. The highest BCUT2D eigenvalue weighted by atomic mass is 16.5. The van der Waals surface area contributed by atoms with E-state index in [4.69, 9.17) is 4.74 Å². The molecule has 0 aliphatic carbocycles. The molecule has 1 unspecified atom stereocenters. The van der Waals surface area contributed by atoms with Gasteiger partial charge >= 0.3 is 5.66 Å². The third-order valence-corrected chi connectivity index (χ3v) is 10.9. The molecule has 0 radical (unpaired) electrons. The molecule has 5 nitrogen and oxygen atoms in total. The van der Waals surface area contributed by atoms with Crippen LogP contribution in [0.3, 0.4) is 0 Å². The summed E-state index contributed by atoms with van der Waals surface area (Å²) < 4.78 is 16.6. The third kappa shape index (κ3) is 1.92. The summed E-state index contributed by atoms with van der Waals surface area (Å²) in [4.78, 5) is 0. The molecule has 1 spiro atoms. The number of ether oxygens (including phenoxy) is 1. The first kappa shape index (κ1) is 20.9. The lowest BCUT2D eigenvalue weighted by Gasteiger charge is -2.30. The van der Waals surface area contributed by atoms with E-state index in [2.05, 4.69) is 140 Å². The number of aromatic nitrogens is 4. The van der Waals surface area contributed by atoms with E-state index in [9.17, 15) is 0 Å². The van der Waals surface area contributed by atoms with Gasteiger partial charge in [0.05, 0.1) is 10.8 Å². The maximum absolute atomic E-state index is 6.84. The van der Waals surface area contributed by atoms with Crippen LogP contribution < -0.4 is 13.9 Å². The van der Waals surface area contributed by atoms with Gasteiger partial charge in [0.1, 0.15) is 58.4 Å². The summed E-state index contributed by atoms with van der Waals surface area (Å²) in [5, 5.41) is 12.6. The Morgan fingerprint density at radius 1 is 0.500 bits per heavy atom. The van der Waals surface area contributed by atoms with Crippen molar-refractivity contribution in [2.45, 2.75) is 5.66 Å². The van der Waals surface area contributed by atoms with Crippen molar-refractivity contribution in [1.82, 2.24) is 8.80 Å². The average Bonchev–Trinajstić information content (AvgIpc) is 3.83. The molecule has 0 saturated heterocycles. The molecule has 3 aliphatic heterocycles. The highest BCUT2D eigenvalue weighted by Gasteiger charge is 2.65. The second-order valence-electron chi connectivity index (χ2n) is 12.7. The summed E-state index contributed by atoms with van der Waals surface area (Å²) in [6.07, 6.45) is 9.07. The van der Waals surface area contributed by atoms with Gasteiger partial charge < -0.3 is 4.74 Å². The number of para-hydroxylation sites is 1. The zero-order chi connectivity index (χ0) is 28.1. The van der Waals surface area contributed by atoms with Crippen molar-refractivity contribution >= 4 is 76.2 Å². The van der Waals surface area contributed by atoms with Crippen molar-refractivity contribution < 1.29 is 13.9 Å². The lowest BCUT2D eigenvalue weighted by atomic mass is 9.85. The van der Waals surface area contributed by atoms with E-state index in [0.717, 1.165) is 11.5 Å². The van der Waals surface area contributed by atoms with Crippen LogP contribution in [0, 0.1) is 0 Å². The SMILES string of the molecule is c1ccc2cc3cc4c(cc3cc2c1)c1ccc2c3c1c1n4cc[n+]1C31c3c(ccc4c5ccccc5n5cc[n+]1c5c34)O2. The van der Waals surface area contributed by atoms with Gasteiger partial charge in [-0.25, -0.2) is 0 Å². The molecule has 5 heteroatoms. The molecule has 13 rings (SSSR count). The van der Waals surface area contributed by atoms with Crippen molar-refractivity contribution in [2.75, 3.05) is 0 Å². The smallest absolute Gasteiger partial charge is 0.315 e. The molecule has 0 saturated carbocycles. The van der Waals surface area contributed by atoms with Gasteiger partial charge in [-0.3, -0.25) is 0 Å². The number of imidazole rings is 2. The second kappa shape index (κ2) is 6.36. The van der Waals surface area contributed by atoms with Gasteiger partial charge in [-0.15, -0.1) is 0 Å². The molecule has 7 heterocycles. The Balaban J connectivity index is 1.27. The molecule has 6 aromatic carbocycles. The summed E-state index contributed by atoms with van der Waals surface area (Å²) >= 11 is 0. The van der Waals surface area contributed by atoms with Gasteiger partial charge in [0.15, 0.2) is 0 Å². The zero-order valence-corrected chi connectivity index (χ0v) is 23.2. The predicted molar refractivity (Wildman–Crippen MR) is 172 cm³/mol. The molecule has 4 aromatic heterocycles.